The Kier molecular flexibility index (Phi) is 7.70. The van der Waals surface area contributed by atoms with Crippen LogP contribution in [0.5, 0.6) is 0 Å². The van der Waals surface area contributed by atoms with Gasteiger partial charge in [-0.15, -0.1) is 10.2 Å². The largest absolute Gasteiger partial charge is 0.383 e. The van der Waals surface area contributed by atoms with Crippen molar-refractivity contribution in [2.24, 2.45) is 0 Å². The third-order valence-electron chi connectivity index (χ3n) is 3.36. The molecule has 0 saturated carbocycles. The molecule has 2 aromatic heterocycles. The molecule has 0 saturated heterocycles. The van der Waals surface area contributed by atoms with Crippen molar-refractivity contribution in [1.29, 1.82) is 0 Å². The quantitative estimate of drug-likeness (QED) is 0.522. The third kappa shape index (κ3) is 5.31. The molecular weight excluding hydrogens is 326 g/mol. The van der Waals surface area contributed by atoms with Crippen LogP contribution in [0.4, 0.5) is 0 Å². The van der Waals surface area contributed by atoms with Gasteiger partial charge in [0.2, 0.25) is 5.91 Å². The van der Waals surface area contributed by atoms with E-state index in [-0.39, 0.29) is 5.91 Å². The Bertz CT molecular complexity index is 633. The molecule has 0 radical (unpaired) electrons. The predicted molar refractivity (Wildman–Crippen MR) is 93.8 cm³/mol. The molecule has 0 aliphatic heterocycles. The molecule has 0 fully saturated rings. The zero-order chi connectivity index (χ0) is 17.2. The lowest BCUT2D eigenvalue weighted by molar-refractivity contribution is -0.118. The molecule has 0 spiro atoms. The highest BCUT2D eigenvalue weighted by molar-refractivity contribution is 7.99. The molecule has 8 heteroatoms. The molecule has 7 nitrogen and oxygen atoms in total. The number of rotatable bonds is 10. The number of hydrogen-bond donors (Lipinski definition) is 1. The summed E-state index contributed by atoms with van der Waals surface area (Å²) in [4.78, 5) is 15.9. The maximum Gasteiger partial charge on any atom is 0.230 e. The first-order valence-corrected chi connectivity index (χ1v) is 8.96. The number of carbonyl (C=O) groups is 1. The second-order valence-electron chi connectivity index (χ2n) is 5.18. The molecule has 1 amide bonds. The second kappa shape index (κ2) is 10.0. The summed E-state index contributed by atoms with van der Waals surface area (Å²) in [7, 11) is 1.66. The van der Waals surface area contributed by atoms with Crippen LogP contribution in [0.1, 0.15) is 19.8 Å². The number of nitrogens with zero attached hydrogens (tertiary/aromatic N) is 4. The first-order valence-electron chi connectivity index (χ1n) is 7.98. The van der Waals surface area contributed by atoms with Crippen LogP contribution >= 0.6 is 11.8 Å². The minimum absolute atomic E-state index is 0.0141. The summed E-state index contributed by atoms with van der Waals surface area (Å²) in [5.41, 5.74) is 0.938. The van der Waals surface area contributed by atoms with Gasteiger partial charge in [0, 0.05) is 31.6 Å². The van der Waals surface area contributed by atoms with Crippen molar-refractivity contribution >= 4 is 17.7 Å². The third-order valence-corrected chi connectivity index (χ3v) is 4.33. The van der Waals surface area contributed by atoms with Crippen molar-refractivity contribution in [3.8, 4) is 11.4 Å². The number of hydrogen-bond acceptors (Lipinski definition) is 6. The molecule has 0 aliphatic rings. The Labute approximate surface area is 146 Å². The van der Waals surface area contributed by atoms with Crippen molar-refractivity contribution in [3.63, 3.8) is 0 Å². The lowest BCUT2D eigenvalue weighted by Gasteiger charge is -2.09. The van der Waals surface area contributed by atoms with Gasteiger partial charge in [-0.05, 0) is 18.6 Å². The summed E-state index contributed by atoms with van der Waals surface area (Å²) < 4.78 is 7.15. The summed E-state index contributed by atoms with van der Waals surface area (Å²) >= 11 is 1.39. The number of aromatic nitrogens is 4. The molecule has 0 unspecified atom stereocenters. The highest BCUT2D eigenvalue weighted by Gasteiger charge is 2.15. The van der Waals surface area contributed by atoms with Crippen LogP contribution in [0.15, 0.2) is 29.7 Å². The number of thioether (sulfide) groups is 1. The standard InChI is InChI=1S/C16H23N5O2S/c1-3-4-7-18-14(22)12-24-16-20-19-15(21(16)10-11-23-2)13-5-8-17-9-6-13/h5-6,8-9H,3-4,7,10-12H2,1-2H3,(H,18,22). The second-order valence-corrected chi connectivity index (χ2v) is 6.12. The molecule has 0 aliphatic carbocycles. The average Bonchev–Trinajstić information content (AvgIpc) is 3.02. The molecular formula is C16H23N5O2S. The predicted octanol–water partition coefficient (Wildman–Crippen LogP) is 1.99. The molecule has 130 valence electrons. The van der Waals surface area contributed by atoms with E-state index in [0.29, 0.717) is 30.6 Å². The summed E-state index contributed by atoms with van der Waals surface area (Å²) in [6, 6.07) is 3.78. The number of amides is 1. The SMILES string of the molecule is CCCCNC(=O)CSc1nnc(-c2ccncc2)n1CCOC. The number of ether oxygens (including phenoxy) is 1. The van der Waals surface area contributed by atoms with Crippen molar-refractivity contribution in [2.45, 2.75) is 31.5 Å². The van der Waals surface area contributed by atoms with Crippen LogP contribution in [0, 0.1) is 0 Å². The first-order chi connectivity index (χ1) is 11.8. The minimum Gasteiger partial charge on any atom is -0.383 e. The smallest absolute Gasteiger partial charge is 0.230 e. The summed E-state index contributed by atoms with van der Waals surface area (Å²) in [5.74, 6) is 1.09. The molecule has 0 bridgehead atoms. The lowest BCUT2D eigenvalue weighted by Crippen LogP contribution is -2.26. The van der Waals surface area contributed by atoms with Crippen molar-refractivity contribution in [2.75, 3.05) is 26.0 Å². The van der Waals surface area contributed by atoms with Gasteiger partial charge in [-0.3, -0.25) is 14.3 Å². The minimum atomic E-state index is 0.0141. The fraction of sp³-hybridized carbons (Fsp3) is 0.500. The number of pyridine rings is 1. The Hall–Kier alpha value is -1.93. The van der Waals surface area contributed by atoms with E-state index < -0.39 is 0 Å². The first kappa shape index (κ1) is 18.4. The summed E-state index contributed by atoms with van der Waals surface area (Å²) in [6.07, 6.45) is 5.50. The number of unbranched alkanes of at least 4 members (excludes halogenated alkanes) is 1. The van der Waals surface area contributed by atoms with Crippen LogP contribution in [0.25, 0.3) is 11.4 Å². The van der Waals surface area contributed by atoms with Crippen LogP contribution in [-0.4, -0.2) is 51.7 Å². The van der Waals surface area contributed by atoms with Crippen LogP contribution in [0.3, 0.4) is 0 Å². The maximum atomic E-state index is 11.9. The van der Waals surface area contributed by atoms with E-state index in [1.165, 1.54) is 11.8 Å². The van der Waals surface area contributed by atoms with E-state index >= 15 is 0 Å². The zero-order valence-electron chi connectivity index (χ0n) is 14.1. The Morgan fingerprint density at radius 1 is 1.33 bits per heavy atom. The van der Waals surface area contributed by atoms with Gasteiger partial charge in [-0.1, -0.05) is 25.1 Å². The summed E-state index contributed by atoms with van der Waals surface area (Å²) in [5, 5.41) is 12.1. The van der Waals surface area contributed by atoms with Crippen molar-refractivity contribution in [3.05, 3.63) is 24.5 Å². The lowest BCUT2D eigenvalue weighted by atomic mass is 10.2. The van der Waals surface area contributed by atoms with Crippen molar-refractivity contribution in [1.82, 2.24) is 25.1 Å². The molecule has 0 atom stereocenters. The number of methoxy groups -OCH3 is 1. The molecule has 0 aromatic carbocycles. The van der Waals surface area contributed by atoms with Gasteiger partial charge < -0.3 is 10.1 Å². The van der Waals surface area contributed by atoms with Crippen LogP contribution < -0.4 is 5.32 Å². The van der Waals surface area contributed by atoms with Crippen molar-refractivity contribution < 1.29 is 9.53 Å². The highest BCUT2D eigenvalue weighted by atomic mass is 32.2. The van der Waals surface area contributed by atoms with E-state index in [1.54, 1.807) is 19.5 Å². The van der Waals surface area contributed by atoms with Gasteiger partial charge in [0.15, 0.2) is 11.0 Å². The Morgan fingerprint density at radius 2 is 2.12 bits per heavy atom. The topological polar surface area (TPSA) is 81.9 Å². The van der Waals surface area contributed by atoms with Gasteiger partial charge in [-0.2, -0.15) is 0 Å². The normalized spacial score (nSPS) is 10.8. The highest BCUT2D eigenvalue weighted by Crippen LogP contribution is 2.23. The molecule has 2 heterocycles. The van der Waals surface area contributed by atoms with E-state index in [0.717, 1.165) is 24.2 Å². The molecule has 2 aromatic rings. The van der Waals surface area contributed by atoms with Gasteiger partial charge in [0.25, 0.3) is 0 Å². The van der Waals surface area contributed by atoms with Gasteiger partial charge in [0.05, 0.1) is 18.9 Å². The van der Waals surface area contributed by atoms with E-state index in [1.807, 2.05) is 16.7 Å². The molecule has 1 N–H and O–H groups in total. The molecule has 2 rings (SSSR count). The summed E-state index contributed by atoms with van der Waals surface area (Å²) in [6.45, 7) is 3.99. The number of nitrogens with one attached hydrogen (secondary N) is 1. The van der Waals surface area contributed by atoms with Gasteiger partial charge in [-0.25, -0.2) is 0 Å². The van der Waals surface area contributed by atoms with Crippen LogP contribution in [-0.2, 0) is 16.1 Å². The maximum absolute atomic E-state index is 11.9. The fourth-order valence-corrected chi connectivity index (χ4v) is 2.87. The van der Waals surface area contributed by atoms with E-state index in [9.17, 15) is 4.79 Å². The van der Waals surface area contributed by atoms with Gasteiger partial charge in [0.1, 0.15) is 0 Å². The van der Waals surface area contributed by atoms with E-state index in [4.69, 9.17) is 4.74 Å². The Balaban J connectivity index is 2.06. The van der Waals surface area contributed by atoms with Gasteiger partial charge >= 0.3 is 0 Å². The Morgan fingerprint density at radius 3 is 2.83 bits per heavy atom. The van der Waals surface area contributed by atoms with E-state index in [2.05, 4.69) is 27.4 Å². The van der Waals surface area contributed by atoms with Crippen LogP contribution in [0.2, 0.25) is 0 Å². The average molecular weight is 349 g/mol. The number of carbonyl (C=O) groups excluding carboxylic acids is 1. The monoisotopic (exact) mass is 349 g/mol. The zero-order valence-corrected chi connectivity index (χ0v) is 14.9. The molecule has 24 heavy (non-hydrogen) atoms. The fourth-order valence-electron chi connectivity index (χ4n) is 2.08.